The van der Waals surface area contributed by atoms with Gasteiger partial charge in [0, 0.05) is 26.6 Å². The van der Waals surface area contributed by atoms with Gasteiger partial charge in [-0.3, -0.25) is 9.89 Å². The van der Waals surface area contributed by atoms with E-state index in [1.165, 1.54) is 19.4 Å². The van der Waals surface area contributed by atoms with Crippen molar-refractivity contribution in [1.29, 1.82) is 0 Å². The summed E-state index contributed by atoms with van der Waals surface area (Å²) in [7, 11) is 1.75. The number of hydrogen-bond donors (Lipinski definition) is 0. The van der Waals surface area contributed by atoms with E-state index in [-0.39, 0.29) is 0 Å². The first-order chi connectivity index (χ1) is 8.88. The summed E-state index contributed by atoms with van der Waals surface area (Å²) in [5.74, 6) is 0. The van der Waals surface area contributed by atoms with E-state index in [1.54, 1.807) is 24.6 Å². The fourth-order valence-corrected chi connectivity index (χ4v) is 2.78. The normalized spacial score (nSPS) is 17.6. The number of aliphatic imine (C=N–C) groups is 1. The van der Waals surface area contributed by atoms with Crippen LogP contribution in [0.3, 0.4) is 0 Å². The smallest absolute Gasteiger partial charge is 0.158 e. The van der Waals surface area contributed by atoms with Gasteiger partial charge in [0.15, 0.2) is 5.01 Å². The summed E-state index contributed by atoms with van der Waals surface area (Å²) in [6.45, 7) is 5.10. The number of aromatic nitrogens is 2. The lowest BCUT2D eigenvalue weighted by Crippen LogP contribution is -2.36. The van der Waals surface area contributed by atoms with Crippen LogP contribution < -0.4 is 0 Å². The highest BCUT2D eigenvalue weighted by Gasteiger charge is 2.09. The molecule has 1 aromatic rings. The lowest BCUT2D eigenvalue weighted by atomic mass is 10.2. The molecule has 1 saturated heterocycles. The van der Waals surface area contributed by atoms with Crippen LogP contribution in [-0.2, 0) is 11.2 Å². The second-order valence-corrected chi connectivity index (χ2v) is 5.43. The third kappa shape index (κ3) is 4.44. The number of unbranched alkanes of at least 4 members (excludes halogenated alkanes) is 1. The quantitative estimate of drug-likeness (QED) is 0.575. The van der Waals surface area contributed by atoms with E-state index in [0.29, 0.717) is 0 Å². The Balaban J connectivity index is 1.62. The van der Waals surface area contributed by atoms with Gasteiger partial charge in [0.2, 0.25) is 0 Å². The molecule has 0 aliphatic carbocycles. The van der Waals surface area contributed by atoms with Gasteiger partial charge in [-0.15, -0.1) is 10.2 Å². The molecule has 0 N–H and O–H groups in total. The van der Waals surface area contributed by atoms with Crippen molar-refractivity contribution in [2.75, 3.05) is 39.9 Å². The van der Waals surface area contributed by atoms with Gasteiger partial charge in [0.25, 0.3) is 0 Å². The second-order valence-electron chi connectivity index (χ2n) is 4.33. The standard InChI is InChI=1S/C12H20N4OS/c1-13-10-12-15-14-11(18-12)4-2-3-5-16-6-8-17-9-7-16/h10H,2-9H2,1H3/b13-10+. The van der Waals surface area contributed by atoms with Crippen LogP contribution in [0.4, 0.5) is 0 Å². The van der Waals surface area contributed by atoms with Gasteiger partial charge in [-0.1, -0.05) is 11.3 Å². The average molecular weight is 268 g/mol. The minimum absolute atomic E-state index is 0.885. The topological polar surface area (TPSA) is 50.6 Å². The van der Waals surface area contributed by atoms with E-state index in [2.05, 4.69) is 20.1 Å². The van der Waals surface area contributed by atoms with Crippen molar-refractivity contribution in [2.45, 2.75) is 19.3 Å². The Morgan fingerprint density at radius 3 is 2.94 bits per heavy atom. The minimum Gasteiger partial charge on any atom is -0.379 e. The molecule has 2 rings (SSSR count). The molecule has 1 fully saturated rings. The number of hydrogen-bond acceptors (Lipinski definition) is 6. The highest BCUT2D eigenvalue weighted by molar-refractivity contribution is 7.12. The number of nitrogens with zero attached hydrogens (tertiary/aromatic N) is 4. The summed E-state index contributed by atoms with van der Waals surface area (Å²) in [5, 5.41) is 10.3. The van der Waals surface area contributed by atoms with Gasteiger partial charge in [0.1, 0.15) is 5.01 Å². The van der Waals surface area contributed by atoms with Crippen molar-refractivity contribution in [3.8, 4) is 0 Å². The zero-order valence-corrected chi connectivity index (χ0v) is 11.7. The van der Waals surface area contributed by atoms with Crippen LogP contribution in [0, 0.1) is 0 Å². The largest absolute Gasteiger partial charge is 0.379 e. The van der Waals surface area contributed by atoms with Crippen molar-refractivity contribution in [3.63, 3.8) is 0 Å². The molecule has 0 bridgehead atoms. The summed E-state index contributed by atoms with van der Waals surface area (Å²) in [6.07, 6.45) is 5.18. The Kier molecular flexibility index (Phi) is 5.70. The van der Waals surface area contributed by atoms with Crippen LogP contribution in [0.2, 0.25) is 0 Å². The monoisotopic (exact) mass is 268 g/mol. The lowest BCUT2D eigenvalue weighted by molar-refractivity contribution is 0.0372. The van der Waals surface area contributed by atoms with E-state index in [0.717, 1.165) is 42.7 Å². The molecule has 0 aromatic carbocycles. The SMILES string of the molecule is C/N=C/c1nnc(CCCCN2CCOCC2)s1. The molecule has 100 valence electrons. The van der Waals surface area contributed by atoms with E-state index in [9.17, 15) is 0 Å². The predicted molar refractivity (Wildman–Crippen MR) is 73.6 cm³/mol. The molecular formula is C12H20N4OS. The summed E-state index contributed by atoms with van der Waals surface area (Å²) >= 11 is 1.64. The van der Waals surface area contributed by atoms with Crippen molar-refractivity contribution < 1.29 is 4.74 Å². The summed E-state index contributed by atoms with van der Waals surface area (Å²) in [4.78, 5) is 6.41. The third-order valence-electron chi connectivity index (χ3n) is 2.94. The Bertz CT molecular complexity index is 374. The second kappa shape index (κ2) is 7.56. The Labute approximate surface area is 112 Å². The van der Waals surface area contributed by atoms with Crippen LogP contribution in [0.25, 0.3) is 0 Å². The maximum atomic E-state index is 5.33. The van der Waals surface area contributed by atoms with Gasteiger partial charge in [-0.25, -0.2) is 0 Å². The van der Waals surface area contributed by atoms with Gasteiger partial charge in [-0.05, 0) is 19.4 Å². The van der Waals surface area contributed by atoms with E-state index < -0.39 is 0 Å². The third-order valence-corrected chi connectivity index (χ3v) is 3.86. The molecule has 2 heterocycles. The van der Waals surface area contributed by atoms with Crippen molar-refractivity contribution in [1.82, 2.24) is 15.1 Å². The molecule has 0 radical (unpaired) electrons. The first kappa shape index (κ1) is 13.6. The molecule has 1 aliphatic rings. The van der Waals surface area contributed by atoms with Crippen molar-refractivity contribution >= 4 is 17.6 Å². The maximum Gasteiger partial charge on any atom is 0.158 e. The predicted octanol–water partition coefficient (Wildman–Crippen LogP) is 1.24. The van der Waals surface area contributed by atoms with E-state index in [4.69, 9.17) is 4.74 Å². The van der Waals surface area contributed by atoms with Crippen molar-refractivity contribution in [2.24, 2.45) is 4.99 Å². The Hall–Kier alpha value is -0.850. The molecule has 0 saturated carbocycles. The van der Waals surface area contributed by atoms with Gasteiger partial charge in [-0.2, -0.15) is 0 Å². The molecule has 0 unspecified atom stereocenters. The van der Waals surface area contributed by atoms with Crippen LogP contribution in [0.15, 0.2) is 4.99 Å². The van der Waals surface area contributed by atoms with E-state index >= 15 is 0 Å². The summed E-state index contributed by atoms with van der Waals surface area (Å²) in [5.41, 5.74) is 0. The highest BCUT2D eigenvalue weighted by Crippen LogP contribution is 2.11. The number of aryl methyl sites for hydroxylation is 1. The van der Waals surface area contributed by atoms with Gasteiger partial charge < -0.3 is 4.74 Å². The fourth-order valence-electron chi connectivity index (χ4n) is 1.97. The van der Waals surface area contributed by atoms with E-state index in [1.807, 2.05) is 0 Å². The fraction of sp³-hybridized carbons (Fsp3) is 0.750. The van der Waals surface area contributed by atoms with Crippen LogP contribution in [-0.4, -0.2) is 61.2 Å². The van der Waals surface area contributed by atoms with Crippen molar-refractivity contribution in [3.05, 3.63) is 10.0 Å². The zero-order valence-electron chi connectivity index (χ0n) is 10.8. The molecule has 0 spiro atoms. The summed E-state index contributed by atoms with van der Waals surface area (Å²) in [6, 6.07) is 0. The molecule has 6 heteroatoms. The Morgan fingerprint density at radius 2 is 2.17 bits per heavy atom. The molecule has 18 heavy (non-hydrogen) atoms. The number of rotatable bonds is 6. The maximum absolute atomic E-state index is 5.33. The first-order valence-corrected chi connectivity index (χ1v) is 7.25. The molecule has 1 aromatic heterocycles. The average Bonchev–Trinajstić information content (AvgIpc) is 2.84. The first-order valence-electron chi connectivity index (χ1n) is 6.43. The molecule has 1 aliphatic heterocycles. The van der Waals surface area contributed by atoms with Crippen LogP contribution in [0.5, 0.6) is 0 Å². The Morgan fingerprint density at radius 1 is 1.33 bits per heavy atom. The number of morpholine rings is 1. The number of ether oxygens (including phenoxy) is 1. The van der Waals surface area contributed by atoms with Crippen LogP contribution >= 0.6 is 11.3 Å². The lowest BCUT2D eigenvalue weighted by Gasteiger charge is -2.26. The highest BCUT2D eigenvalue weighted by atomic mass is 32.1. The van der Waals surface area contributed by atoms with Crippen LogP contribution in [0.1, 0.15) is 22.9 Å². The zero-order chi connectivity index (χ0) is 12.6. The van der Waals surface area contributed by atoms with Gasteiger partial charge >= 0.3 is 0 Å². The minimum atomic E-state index is 0.885. The molecule has 0 atom stereocenters. The summed E-state index contributed by atoms with van der Waals surface area (Å²) < 4.78 is 5.33. The molecular weight excluding hydrogens is 248 g/mol. The van der Waals surface area contributed by atoms with Gasteiger partial charge in [0.05, 0.1) is 19.4 Å². The molecule has 0 amide bonds. The molecule has 5 nitrogen and oxygen atoms in total.